The van der Waals surface area contributed by atoms with Gasteiger partial charge in [0.2, 0.25) is 0 Å². The van der Waals surface area contributed by atoms with Gasteiger partial charge in [0.15, 0.2) is 0 Å². The number of amides is 1. The van der Waals surface area contributed by atoms with E-state index in [9.17, 15) is 9.18 Å². The summed E-state index contributed by atoms with van der Waals surface area (Å²) in [5.74, 6) is -0.247. The number of nitrogens with zero attached hydrogens (tertiary/aromatic N) is 1. The van der Waals surface area contributed by atoms with Crippen LogP contribution in [0.15, 0.2) is 66.9 Å². The third kappa shape index (κ3) is 3.52. The van der Waals surface area contributed by atoms with Crippen LogP contribution in [-0.2, 0) is 11.3 Å². The highest BCUT2D eigenvalue weighted by atomic mass is 32.1. The summed E-state index contributed by atoms with van der Waals surface area (Å²) in [6.07, 6.45) is 1.71. The molecule has 2 aromatic carbocycles. The maximum absolute atomic E-state index is 14.3. The van der Waals surface area contributed by atoms with Gasteiger partial charge in [-0.1, -0.05) is 36.4 Å². The monoisotopic (exact) mass is 392 g/mol. The number of aromatic nitrogens is 1. The van der Waals surface area contributed by atoms with Crippen LogP contribution < -0.4 is 5.32 Å². The zero-order chi connectivity index (χ0) is 19.5. The standard InChI is InChI=1S/C22H17FN2O2S/c1-27-13-16-20-17(23)8-5-9-18(20)28-21(16)22(26)25-19-11-10-15(12-24-19)14-6-3-2-4-7-14/h2-12H,13H2,1H3,(H,24,25,26). The maximum Gasteiger partial charge on any atom is 0.267 e. The van der Waals surface area contributed by atoms with E-state index in [2.05, 4.69) is 10.3 Å². The summed E-state index contributed by atoms with van der Waals surface area (Å²) in [5, 5.41) is 3.24. The number of fused-ring (bicyclic) bond motifs is 1. The van der Waals surface area contributed by atoms with Gasteiger partial charge >= 0.3 is 0 Å². The number of carbonyl (C=O) groups is 1. The third-order valence-electron chi connectivity index (χ3n) is 4.37. The molecule has 0 spiro atoms. The van der Waals surface area contributed by atoms with Crippen molar-refractivity contribution < 1.29 is 13.9 Å². The van der Waals surface area contributed by atoms with Crippen LogP contribution >= 0.6 is 11.3 Å². The number of benzene rings is 2. The lowest BCUT2D eigenvalue weighted by atomic mass is 10.1. The molecular formula is C22H17FN2O2S. The molecule has 4 nitrogen and oxygen atoms in total. The second-order valence-corrected chi connectivity index (χ2v) is 7.26. The average molecular weight is 392 g/mol. The molecular weight excluding hydrogens is 375 g/mol. The molecule has 0 fully saturated rings. The van der Waals surface area contributed by atoms with Crippen molar-refractivity contribution in [2.24, 2.45) is 0 Å². The van der Waals surface area contributed by atoms with Crippen molar-refractivity contribution in [1.29, 1.82) is 0 Å². The number of carbonyl (C=O) groups excluding carboxylic acids is 1. The van der Waals surface area contributed by atoms with Gasteiger partial charge in [-0.2, -0.15) is 0 Å². The van der Waals surface area contributed by atoms with Crippen LogP contribution in [0, 0.1) is 5.82 Å². The van der Waals surface area contributed by atoms with Crippen molar-refractivity contribution in [2.45, 2.75) is 6.61 Å². The summed E-state index contributed by atoms with van der Waals surface area (Å²) in [6.45, 7) is 0.157. The molecule has 0 bridgehead atoms. The Balaban J connectivity index is 1.62. The first-order valence-corrected chi connectivity index (χ1v) is 9.50. The number of thiophene rings is 1. The summed E-state index contributed by atoms with van der Waals surface area (Å²) < 4.78 is 20.2. The van der Waals surface area contributed by atoms with Crippen LogP contribution in [-0.4, -0.2) is 18.0 Å². The topological polar surface area (TPSA) is 51.2 Å². The fraction of sp³-hybridized carbons (Fsp3) is 0.0909. The minimum Gasteiger partial charge on any atom is -0.380 e. The molecule has 0 saturated heterocycles. The normalized spacial score (nSPS) is 10.9. The molecule has 0 unspecified atom stereocenters. The lowest BCUT2D eigenvalue weighted by molar-refractivity contribution is 0.102. The molecule has 0 aliphatic heterocycles. The van der Waals surface area contributed by atoms with E-state index in [0.29, 0.717) is 26.3 Å². The SMILES string of the molecule is COCc1c(C(=O)Nc2ccc(-c3ccccc3)cn2)sc2cccc(F)c12. The van der Waals surface area contributed by atoms with Gasteiger partial charge < -0.3 is 10.1 Å². The number of hydrogen-bond donors (Lipinski definition) is 1. The summed E-state index contributed by atoms with van der Waals surface area (Å²) >= 11 is 1.25. The van der Waals surface area contributed by atoms with Crippen LogP contribution in [0.1, 0.15) is 15.2 Å². The van der Waals surface area contributed by atoms with Gasteiger partial charge in [0.25, 0.3) is 5.91 Å². The summed E-state index contributed by atoms with van der Waals surface area (Å²) in [7, 11) is 1.52. The number of anilines is 1. The molecule has 2 aromatic heterocycles. The number of ether oxygens (including phenoxy) is 1. The number of methoxy groups -OCH3 is 1. The predicted molar refractivity (Wildman–Crippen MR) is 110 cm³/mol. The van der Waals surface area contributed by atoms with Crippen molar-refractivity contribution in [3.05, 3.63) is 83.1 Å². The zero-order valence-electron chi connectivity index (χ0n) is 15.1. The smallest absolute Gasteiger partial charge is 0.267 e. The van der Waals surface area contributed by atoms with Crippen LogP contribution in [0.3, 0.4) is 0 Å². The van der Waals surface area contributed by atoms with Crippen LogP contribution in [0.25, 0.3) is 21.2 Å². The number of halogens is 1. The van der Waals surface area contributed by atoms with E-state index >= 15 is 0 Å². The Morgan fingerprint density at radius 3 is 2.61 bits per heavy atom. The Morgan fingerprint density at radius 2 is 1.89 bits per heavy atom. The first-order chi connectivity index (χ1) is 13.7. The fourth-order valence-electron chi connectivity index (χ4n) is 3.08. The molecule has 6 heteroatoms. The largest absolute Gasteiger partial charge is 0.380 e. The maximum atomic E-state index is 14.3. The quantitative estimate of drug-likeness (QED) is 0.488. The van der Waals surface area contributed by atoms with Gasteiger partial charge in [-0.3, -0.25) is 4.79 Å². The van der Waals surface area contributed by atoms with Gasteiger partial charge in [0, 0.05) is 34.5 Å². The van der Waals surface area contributed by atoms with Gasteiger partial charge in [-0.15, -0.1) is 11.3 Å². The minimum absolute atomic E-state index is 0.157. The second kappa shape index (κ2) is 7.88. The molecule has 0 atom stereocenters. The molecule has 0 aliphatic carbocycles. The van der Waals surface area contributed by atoms with Crippen LogP contribution in [0.2, 0.25) is 0 Å². The Hall–Kier alpha value is -3.09. The van der Waals surface area contributed by atoms with E-state index in [-0.39, 0.29) is 18.3 Å². The zero-order valence-corrected chi connectivity index (χ0v) is 15.9. The van der Waals surface area contributed by atoms with Gasteiger partial charge in [0.05, 0.1) is 11.5 Å². The number of nitrogens with one attached hydrogen (secondary N) is 1. The van der Waals surface area contributed by atoms with Crippen molar-refractivity contribution in [2.75, 3.05) is 12.4 Å². The lowest BCUT2D eigenvalue weighted by Crippen LogP contribution is -2.13. The third-order valence-corrected chi connectivity index (χ3v) is 5.57. The Kier molecular flexibility index (Phi) is 5.14. The molecule has 2 heterocycles. The summed E-state index contributed by atoms with van der Waals surface area (Å²) in [6, 6.07) is 18.4. The van der Waals surface area contributed by atoms with E-state index < -0.39 is 0 Å². The van der Waals surface area contributed by atoms with Gasteiger partial charge in [-0.05, 0) is 29.8 Å². The lowest BCUT2D eigenvalue weighted by Gasteiger charge is -2.07. The van der Waals surface area contributed by atoms with E-state index in [1.54, 1.807) is 24.4 Å². The number of pyridine rings is 1. The molecule has 28 heavy (non-hydrogen) atoms. The highest BCUT2D eigenvalue weighted by molar-refractivity contribution is 7.21. The molecule has 4 aromatic rings. The Labute approximate surface area is 165 Å². The molecule has 0 saturated carbocycles. The number of rotatable bonds is 5. The van der Waals surface area contributed by atoms with Crippen LogP contribution in [0.4, 0.5) is 10.2 Å². The van der Waals surface area contributed by atoms with Crippen molar-refractivity contribution in [3.8, 4) is 11.1 Å². The van der Waals surface area contributed by atoms with Gasteiger partial charge in [0.1, 0.15) is 11.6 Å². The first-order valence-electron chi connectivity index (χ1n) is 8.69. The molecule has 0 radical (unpaired) electrons. The molecule has 1 amide bonds. The highest BCUT2D eigenvalue weighted by Crippen LogP contribution is 2.34. The van der Waals surface area contributed by atoms with Crippen molar-refractivity contribution in [1.82, 2.24) is 4.98 Å². The Morgan fingerprint density at radius 1 is 1.07 bits per heavy atom. The molecule has 0 aliphatic rings. The molecule has 4 rings (SSSR count). The average Bonchev–Trinajstić information content (AvgIpc) is 3.09. The van der Waals surface area contributed by atoms with Gasteiger partial charge in [-0.25, -0.2) is 9.37 Å². The number of hydrogen-bond acceptors (Lipinski definition) is 4. The molecule has 1 N–H and O–H groups in total. The van der Waals surface area contributed by atoms with E-state index in [1.165, 1.54) is 24.5 Å². The first kappa shape index (κ1) is 18.3. The predicted octanol–water partition coefficient (Wildman–Crippen LogP) is 5.50. The second-order valence-electron chi connectivity index (χ2n) is 6.21. The fourth-order valence-corrected chi connectivity index (χ4v) is 4.19. The van der Waals surface area contributed by atoms with Crippen molar-refractivity contribution in [3.63, 3.8) is 0 Å². The van der Waals surface area contributed by atoms with E-state index in [4.69, 9.17) is 4.74 Å². The minimum atomic E-state index is -0.356. The summed E-state index contributed by atoms with van der Waals surface area (Å²) in [5.41, 5.74) is 2.57. The molecule has 140 valence electrons. The van der Waals surface area contributed by atoms with E-state index in [0.717, 1.165) is 11.1 Å². The highest BCUT2D eigenvalue weighted by Gasteiger charge is 2.21. The van der Waals surface area contributed by atoms with Crippen LogP contribution in [0.5, 0.6) is 0 Å². The van der Waals surface area contributed by atoms with E-state index in [1.807, 2.05) is 36.4 Å². The summed E-state index contributed by atoms with van der Waals surface area (Å²) in [4.78, 5) is 17.6. The van der Waals surface area contributed by atoms with Crippen molar-refractivity contribution >= 4 is 33.1 Å². The Bertz CT molecular complexity index is 1120.